The van der Waals surface area contributed by atoms with Crippen LogP contribution in [-0.2, 0) is 23.9 Å². The highest BCUT2D eigenvalue weighted by Gasteiger charge is 2.41. The van der Waals surface area contributed by atoms with Gasteiger partial charge in [-0.2, -0.15) is 0 Å². The van der Waals surface area contributed by atoms with Crippen molar-refractivity contribution in [2.45, 2.75) is 33.6 Å². The first-order valence-electron chi connectivity index (χ1n) is 9.34. The van der Waals surface area contributed by atoms with Gasteiger partial charge in [-0.05, 0) is 26.8 Å². The fourth-order valence-electron chi connectivity index (χ4n) is 2.99. The summed E-state index contributed by atoms with van der Waals surface area (Å²) in [4.78, 5) is 37.8. The van der Waals surface area contributed by atoms with Gasteiger partial charge < -0.3 is 19.3 Å². The van der Waals surface area contributed by atoms with Crippen LogP contribution in [0.15, 0.2) is 48.3 Å². The van der Waals surface area contributed by atoms with Gasteiger partial charge >= 0.3 is 11.9 Å². The van der Waals surface area contributed by atoms with Gasteiger partial charge in [0.05, 0.1) is 13.2 Å². The van der Waals surface area contributed by atoms with E-state index in [2.05, 4.69) is 6.58 Å². The Morgan fingerprint density at radius 1 is 1.10 bits per heavy atom. The lowest BCUT2D eigenvalue weighted by molar-refractivity contribution is -0.303. The lowest BCUT2D eigenvalue weighted by Gasteiger charge is -2.30. The Hall–Kier alpha value is -3.09. The van der Waals surface area contributed by atoms with E-state index in [9.17, 15) is 19.5 Å². The second-order valence-corrected chi connectivity index (χ2v) is 6.15. The third kappa shape index (κ3) is 6.20. The van der Waals surface area contributed by atoms with E-state index in [1.54, 1.807) is 38.1 Å². The number of hydrogen-bond donors (Lipinski definition) is 0. The van der Waals surface area contributed by atoms with Crippen LogP contribution in [-0.4, -0.2) is 37.5 Å². The van der Waals surface area contributed by atoms with E-state index in [4.69, 9.17) is 14.2 Å². The highest BCUT2D eigenvalue weighted by atomic mass is 16.5. The number of hydrogen-bond acceptors (Lipinski definition) is 7. The molecule has 7 nitrogen and oxygen atoms in total. The summed E-state index contributed by atoms with van der Waals surface area (Å²) < 4.78 is 15.8. The van der Waals surface area contributed by atoms with Crippen LogP contribution in [0.5, 0.6) is 5.75 Å². The van der Waals surface area contributed by atoms with Gasteiger partial charge in [0.2, 0.25) is 0 Å². The number of ether oxygens (including phenoxy) is 3. The maximum absolute atomic E-state index is 12.7. The molecule has 29 heavy (non-hydrogen) atoms. The third-order valence-corrected chi connectivity index (χ3v) is 4.11. The van der Waals surface area contributed by atoms with Crippen molar-refractivity contribution in [2.75, 3.05) is 19.8 Å². The van der Waals surface area contributed by atoms with Crippen molar-refractivity contribution in [3.8, 4) is 5.75 Å². The minimum absolute atomic E-state index is 0.0289. The molecule has 0 aromatic heterocycles. The predicted octanol–water partition coefficient (Wildman–Crippen LogP) is 2.30. The Labute approximate surface area is 171 Å². The van der Waals surface area contributed by atoms with E-state index >= 15 is 0 Å². The van der Waals surface area contributed by atoms with Gasteiger partial charge in [-0.15, -0.1) is 5.76 Å². The Balaban J connectivity index is 3.76. The van der Waals surface area contributed by atoms with Gasteiger partial charge in [0.15, 0.2) is 0 Å². The van der Waals surface area contributed by atoms with E-state index in [1.165, 1.54) is 19.9 Å². The number of rotatable bonds is 11. The molecule has 1 aromatic rings. The number of para-hydroxylation sites is 1. The second kappa shape index (κ2) is 11.7. The SMILES string of the molecule is C=CCOc1ccccc1C(/C(C(=O)OCC)=C(/C)[O-])C(C(C)=O)C(=O)OCC. The van der Waals surface area contributed by atoms with Crippen molar-refractivity contribution in [1.82, 2.24) is 0 Å². The number of allylic oxidation sites excluding steroid dienone is 1. The van der Waals surface area contributed by atoms with Gasteiger partial charge in [-0.3, -0.25) is 9.59 Å². The topological polar surface area (TPSA) is 102 Å². The molecule has 0 bridgehead atoms. The molecule has 0 aliphatic heterocycles. The Kier molecular flexibility index (Phi) is 9.65. The summed E-state index contributed by atoms with van der Waals surface area (Å²) >= 11 is 0. The zero-order valence-corrected chi connectivity index (χ0v) is 17.2. The number of carbonyl (C=O) groups excluding carboxylic acids is 3. The lowest BCUT2D eigenvalue weighted by Crippen LogP contribution is -2.35. The molecule has 0 heterocycles. The van der Waals surface area contributed by atoms with Crippen molar-refractivity contribution in [3.05, 3.63) is 53.8 Å². The van der Waals surface area contributed by atoms with Crippen LogP contribution >= 0.6 is 0 Å². The summed E-state index contributed by atoms with van der Waals surface area (Å²) in [5.74, 6) is -5.19. The lowest BCUT2D eigenvalue weighted by atomic mass is 9.77. The number of ketones is 1. The minimum Gasteiger partial charge on any atom is -0.875 e. The summed E-state index contributed by atoms with van der Waals surface area (Å²) in [6, 6.07) is 6.58. The second-order valence-electron chi connectivity index (χ2n) is 6.15. The molecule has 1 rings (SSSR count). The standard InChI is InChI=1S/C22H28O7/c1-6-13-29-17-12-10-9-11-16(17)20(18(14(4)23)21(25)27-7-2)19(15(5)24)22(26)28-8-3/h6,9-12,18,20,24H,1,7-8,13H2,2-5H3/p-1/b19-15+. The van der Waals surface area contributed by atoms with Gasteiger partial charge in [0.25, 0.3) is 0 Å². The summed E-state index contributed by atoms with van der Waals surface area (Å²) in [6.45, 7) is 9.42. The number of esters is 2. The number of benzene rings is 1. The number of carbonyl (C=O) groups is 3. The van der Waals surface area contributed by atoms with E-state index in [0.717, 1.165) is 0 Å². The molecule has 0 fully saturated rings. The maximum atomic E-state index is 12.7. The van der Waals surface area contributed by atoms with Gasteiger partial charge in [0, 0.05) is 17.1 Å². The first-order valence-corrected chi connectivity index (χ1v) is 9.34. The van der Waals surface area contributed by atoms with E-state index in [-0.39, 0.29) is 25.4 Å². The van der Waals surface area contributed by atoms with Crippen LogP contribution in [0.3, 0.4) is 0 Å². The van der Waals surface area contributed by atoms with Crippen molar-refractivity contribution < 1.29 is 33.7 Å². The zero-order chi connectivity index (χ0) is 22.0. The largest absolute Gasteiger partial charge is 0.875 e. The van der Waals surface area contributed by atoms with E-state index in [1.807, 2.05) is 0 Å². The minimum atomic E-state index is -1.41. The van der Waals surface area contributed by atoms with Crippen LogP contribution in [0.2, 0.25) is 0 Å². The molecule has 0 amide bonds. The van der Waals surface area contributed by atoms with Crippen molar-refractivity contribution >= 4 is 17.7 Å². The average Bonchev–Trinajstić information content (AvgIpc) is 2.66. The molecule has 0 N–H and O–H groups in total. The molecular formula is C22H27O7-. The summed E-state index contributed by atoms with van der Waals surface area (Å²) in [6.07, 6.45) is 1.53. The molecule has 2 unspecified atom stereocenters. The molecule has 0 saturated carbocycles. The Morgan fingerprint density at radius 3 is 2.24 bits per heavy atom. The zero-order valence-electron chi connectivity index (χ0n) is 17.2. The quantitative estimate of drug-likeness (QED) is 0.184. The van der Waals surface area contributed by atoms with Crippen molar-refractivity contribution in [1.29, 1.82) is 0 Å². The molecule has 0 spiro atoms. The van der Waals surface area contributed by atoms with Gasteiger partial charge in [-0.25, -0.2) is 4.79 Å². The smallest absolute Gasteiger partial charge is 0.333 e. The molecule has 2 atom stereocenters. The van der Waals surface area contributed by atoms with Crippen LogP contribution in [0, 0.1) is 5.92 Å². The fraction of sp³-hybridized carbons (Fsp3) is 0.409. The van der Waals surface area contributed by atoms with Crippen LogP contribution in [0.25, 0.3) is 0 Å². The Bertz CT molecular complexity index is 775. The molecule has 0 aliphatic carbocycles. The molecule has 0 saturated heterocycles. The van der Waals surface area contributed by atoms with Crippen LogP contribution in [0.4, 0.5) is 0 Å². The summed E-state index contributed by atoms with van der Waals surface area (Å²) in [5.41, 5.74) is 0.0237. The van der Waals surface area contributed by atoms with Crippen molar-refractivity contribution in [3.63, 3.8) is 0 Å². The van der Waals surface area contributed by atoms with Gasteiger partial charge in [-0.1, -0.05) is 37.8 Å². The molecular weight excluding hydrogens is 376 g/mol. The maximum Gasteiger partial charge on any atom is 0.333 e. The first-order chi connectivity index (χ1) is 13.8. The van der Waals surface area contributed by atoms with E-state index < -0.39 is 35.3 Å². The number of Topliss-reactive ketones (excluding diaryl/α,β-unsaturated/α-hetero) is 1. The summed E-state index contributed by atoms with van der Waals surface area (Å²) in [5, 5.41) is 12.4. The van der Waals surface area contributed by atoms with E-state index in [0.29, 0.717) is 11.3 Å². The molecule has 1 aromatic carbocycles. The van der Waals surface area contributed by atoms with Crippen LogP contribution < -0.4 is 9.84 Å². The molecule has 0 aliphatic rings. The predicted molar refractivity (Wildman–Crippen MR) is 105 cm³/mol. The molecule has 158 valence electrons. The normalized spacial score (nSPS) is 13.5. The molecule has 7 heteroatoms. The van der Waals surface area contributed by atoms with Gasteiger partial charge in [0.1, 0.15) is 24.1 Å². The molecule has 0 radical (unpaired) electrons. The Morgan fingerprint density at radius 2 is 1.72 bits per heavy atom. The first kappa shape index (κ1) is 23.9. The highest BCUT2D eigenvalue weighted by molar-refractivity contribution is 6.02. The fourth-order valence-corrected chi connectivity index (χ4v) is 2.99. The summed E-state index contributed by atoms with van der Waals surface area (Å²) in [7, 11) is 0. The third-order valence-electron chi connectivity index (χ3n) is 4.11. The highest BCUT2D eigenvalue weighted by Crippen LogP contribution is 2.40. The van der Waals surface area contributed by atoms with Crippen molar-refractivity contribution in [2.24, 2.45) is 5.92 Å². The monoisotopic (exact) mass is 403 g/mol. The average molecular weight is 403 g/mol. The van der Waals surface area contributed by atoms with Crippen LogP contribution in [0.1, 0.15) is 39.2 Å².